The maximum atomic E-state index is 12.9. The number of carbonyl (C=O) groups excluding carboxylic acids is 2. The van der Waals surface area contributed by atoms with Crippen LogP contribution in [0.15, 0.2) is 48.5 Å². The minimum atomic E-state index is -0.883. The zero-order valence-electron chi connectivity index (χ0n) is 11.6. The summed E-state index contributed by atoms with van der Waals surface area (Å²) in [6.07, 6.45) is 0.531. The molecule has 3 nitrogen and oxygen atoms in total. The highest BCUT2D eigenvalue weighted by atomic mass is 16.5. The highest BCUT2D eigenvalue weighted by Crippen LogP contribution is 2.56. The van der Waals surface area contributed by atoms with E-state index in [1.54, 1.807) is 0 Å². The van der Waals surface area contributed by atoms with Crippen molar-refractivity contribution in [3.05, 3.63) is 70.8 Å². The van der Waals surface area contributed by atoms with Gasteiger partial charge < -0.3 is 4.74 Å². The molecule has 2 aromatic carbocycles. The van der Waals surface area contributed by atoms with Gasteiger partial charge in [0.05, 0.1) is 13.0 Å². The molecular formula is C18H14O3. The zero-order valence-corrected chi connectivity index (χ0v) is 11.6. The summed E-state index contributed by atoms with van der Waals surface area (Å²) >= 11 is 0. The molecule has 0 radical (unpaired) electrons. The Balaban J connectivity index is 2.04. The molecule has 2 aromatic rings. The van der Waals surface area contributed by atoms with Gasteiger partial charge >= 0.3 is 5.97 Å². The predicted molar refractivity (Wildman–Crippen MR) is 77.4 cm³/mol. The summed E-state index contributed by atoms with van der Waals surface area (Å²) < 4.78 is 5.08. The Morgan fingerprint density at radius 1 is 1.14 bits per heavy atom. The minimum Gasteiger partial charge on any atom is -0.468 e. The molecular weight excluding hydrogens is 264 g/mol. The molecule has 2 aliphatic rings. The number of methoxy groups -OCH3 is 1. The molecule has 0 aliphatic heterocycles. The van der Waals surface area contributed by atoms with Crippen LogP contribution in [-0.4, -0.2) is 18.9 Å². The Morgan fingerprint density at radius 3 is 2.67 bits per heavy atom. The van der Waals surface area contributed by atoms with E-state index in [0.29, 0.717) is 12.0 Å². The topological polar surface area (TPSA) is 43.4 Å². The van der Waals surface area contributed by atoms with Crippen LogP contribution in [0.5, 0.6) is 0 Å². The molecule has 3 heteroatoms. The van der Waals surface area contributed by atoms with Crippen molar-refractivity contribution in [2.24, 2.45) is 0 Å². The van der Waals surface area contributed by atoms with Crippen LogP contribution >= 0.6 is 0 Å². The number of esters is 1. The van der Waals surface area contributed by atoms with Gasteiger partial charge in [0.2, 0.25) is 0 Å². The first-order valence-electron chi connectivity index (χ1n) is 7.00. The highest BCUT2D eigenvalue weighted by molar-refractivity contribution is 6.14. The van der Waals surface area contributed by atoms with Gasteiger partial charge in [0, 0.05) is 5.56 Å². The fraction of sp³-hybridized carbons (Fsp3) is 0.222. The number of hydrogen-bond acceptors (Lipinski definition) is 3. The molecule has 2 atom stereocenters. The number of ether oxygens (including phenoxy) is 1. The van der Waals surface area contributed by atoms with Crippen LogP contribution in [0.2, 0.25) is 0 Å². The molecule has 0 aromatic heterocycles. The zero-order chi connectivity index (χ0) is 14.6. The van der Waals surface area contributed by atoms with Gasteiger partial charge in [-0.1, -0.05) is 48.5 Å². The van der Waals surface area contributed by atoms with Crippen molar-refractivity contribution in [1.29, 1.82) is 0 Å². The molecule has 0 heterocycles. The molecule has 0 saturated carbocycles. The Kier molecular flexibility index (Phi) is 2.37. The van der Waals surface area contributed by atoms with Gasteiger partial charge in [-0.25, -0.2) is 0 Å². The van der Waals surface area contributed by atoms with Crippen LogP contribution < -0.4 is 0 Å². The van der Waals surface area contributed by atoms with Crippen LogP contribution in [0.25, 0.3) is 0 Å². The van der Waals surface area contributed by atoms with Crippen LogP contribution in [0.3, 0.4) is 0 Å². The molecule has 21 heavy (non-hydrogen) atoms. The molecule has 2 aliphatic carbocycles. The van der Waals surface area contributed by atoms with Crippen LogP contribution in [0.1, 0.15) is 33.0 Å². The maximum absolute atomic E-state index is 12.9. The summed E-state index contributed by atoms with van der Waals surface area (Å²) in [6, 6.07) is 15.2. The van der Waals surface area contributed by atoms with Gasteiger partial charge in [-0.3, -0.25) is 9.59 Å². The molecule has 0 bridgehead atoms. The SMILES string of the molecule is COC(=O)[C@@]12Cc3ccccc3[C@@H]1C(=O)c1ccccc12. The number of hydrogen-bond donors (Lipinski definition) is 0. The van der Waals surface area contributed by atoms with E-state index in [0.717, 1.165) is 16.7 Å². The number of rotatable bonds is 1. The van der Waals surface area contributed by atoms with Crippen molar-refractivity contribution in [3.63, 3.8) is 0 Å². The summed E-state index contributed by atoms with van der Waals surface area (Å²) in [5, 5.41) is 0. The normalized spacial score (nSPS) is 25.2. The Morgan fingerprint density at radius 2 is 1.86 bits per heavy atom. The Labute approximate surface area is 122 Å². The molecule has 0 saturated heterocycles. The Bertz CT molecular complexity index is 778. The van der Waals surface area contributed by atoms with Crippen molar-refractivity contribution in [3.8, 4) is 0 Å². The van der Waals surface area contributed by atoms with E-state index in [9.17, 15) is 9.59 Å². The van der Waals surface area contributed by atoms with Crippen molar-refractivity contribution < 1.29 is 14.3 Å². The molecule has 0 N–H and O–H groups in total. The van der Waals surface area contributed by atoms with E-state index in [-0.39, 0.29) is 11.8 Å². The van der Waals surface area contributed by atoms with Gasteiger partial charge in [-0.15, -0.1) is 0 Å². The van der Waals surface area contributed by atoms with Gasteiger partial charge in [0.25, 0.3) is 0 Å². The third kappa shape index (κ3) is 1.33. The monoisotopic (exact) mass is 278 g/mol. The van der Waals surface area contributed by atoms with Crippen molar-refractivity contribution >= 4 is 11.8 Å². The predicted octanol–water partition coefficient (Wildman–Crippen LogP) is 2.63. The smallest absolute Gasteiger partial charge is 0.317 e. The second kappa shape index (κ2) is 4.04. The lowest BCUT2D eigenvalue weighted by atomic mass is 9.75. The molecule has 104 valence electrons. The lowest BCUT2D eigenvalue weighted by molar-refractivity contribution is -0.147. The van der Waals surface area contributed by atoms with E-state index < -0.39 is 11.3 Å². The van der Waals surface area contributed by atoms with Gasteiger partial charge in [0.15, 0.2) is 5.78 Å². The van der Waals surface area contributed by atoms with Gasteiger partial charge in [0.1, 0.15) is 5.41 Å². The van der Waals surface area contributed by atoms with Crippen molar-refractivity contribution in [2.45, 2.75) is 17.8 Å². The lowest BCUT2D eigenvalue weighted by Crippen LogP contribution is -2.39. The molecule has 0 unspecified atom stereocenters. The second-order valence-corrected chi connectivity index (χ2v) is 5.68. The van der Waals surface area contributed by atoms with Crippen LogP contribution in [-0.2, 0) is 21.4 Å². The summed E-state index contributed by atoms with van der Waals surface area (Å²) in [6.45, 7) is 0. The van der Waals surface area contributed by atoms with Crippen molar-refractivity contribution in [2.75, 3.05) is 7.11 Å². The average Bonchev–Trinajstić information content (AvgIpc) is 3.00. The van der Waals surface area contributed by atoms with Crippen LogP contribution in [0.4, 0.5) is 0 Å². The largest absolute Gasteiger partial charge is 0.468 e. The third-order valence-electron chi connectivity index (χ3n) is 4.81. The fourth-order valence-electron chi connectivity index (χ4n) is 3.99. The van der Waals surface area contributed by atoms with E-state index in [1.165, 1.54) is 7.11 Å². The minimum absolute atomic E-state index is 0.0287. The summed E-state index contributed by atoms with van der Waals surface area (Å²) in [4.78, 5) is 25.5. The summed E-state index contributed by atoms with van der Waals surface area (Å²) in [7, 11) is 1.39. The number of carbonyl (C=O) groups is 2. The van der Waals surface area contributed by atoms with E-state index in [4.69, 9.17) is 4.74 Å². The van der Waals surface area contributed by atoms with E-state index in [2.05, 4.69) is 0 Å². The first-order valence-corrected chi connectivity index (χ1v) is 7.00. The van der Waals surface area contributed by atoms with Gasteiger partial charge in [-0.2, -0.15) is 0 Å². The lowest BCUT2D eigenvalue weighted by Gasteiger charge is -2.26. The standard InChI is InChI=1S/C18H14O3/c1-21-17(20)18-10-11-6-2-3-7-12(11)15(18)16(19)13-8-4-5-9-14(13)18/h2-9,15H,10H2,1H3/t15-,18-/m1/s1. The Hall–Kier alpha value is -2.42. The van der Waals surface area contributed by atoms with Crippen LogP contribution in [0, 0.1) is 0 Å². The molecule has 0 amide bonds. The number of Topliss-reactive ketones (excluding diaryl/α,β-unsaturated/α-hetero) is 1. The molecule has 0 fully saturated rings. The number of fused-ring (bicyclic) bond motifs is 5. The quantitative estimate of drug-likeness (QED) is 0.753. The fourth-order valence-corrected chi connectivity index (χ4v) is 3.99. The highest BCUT2D eigenvalue weighted by Gasteiger charge is 2.61. The average molecular weight is 278 g/mol. The maximum Gasteiger partial charge on any atom is 0.317 e. The van der Waals surface area contributed by atoms with Crippen molar-refractivity contribution in [1.82, 2.24) is 0 Å². The van der Waals surface area contributed by atoms with Gasteiger partial charge in [-0.05, 0) is 23.1 Å². The van der Waals surface area contributed by atoms with E-state index >= 15 is 0 Å². The second-order valence-electron chi connectivity index (χ2n) is 5.68. The number of benzene rings is 2. The third-order valence-corrected chi connectivity index (χ3v) is 4.81. The number of ketones is 1. The van der Waals surface area contributed by atoms with E-state index in [1.807, 2.05) is 48.5 Å². The molecule has 4 rings (SSSR count). The first kappa shape index (κ1) is 12.3. The summed E-state index contributed by atoms with van der Waals surface area (Å²) in [5.41, 5.74) is 2.61. The summed E-state index contributed by atoms with van der Waals surface area (Å²) in [5.74, 6) is -0.735. The molecule has 0 spiro atoms. The first-order chi connectivity index (χ1) is 10.2.